The number of hydrogen-bond donors (Lipinski definition) is 1. The third-order valence-corrected chi connectivity index (χ3v) is 4.26. The number of aromatic nitrogens is 1. The highest BCUT2D eigenvalue weighted by molar-refractivity contribution is 7.17. The van der Waals surface area contributed by atoms with Gasteiger partial charge in [-0.05, 0) is 26.2 Å². The van der Waals surface area contributed by atoms with Crippen molar-refractivity contribution in [2.45, 2.75) is 39.2 Å². The van der Waals surface area contributed by atoms with E-state index in [1.165, 1.54) is 24.2 Å². The molecule has 1 aromatic rings. The molecule has 0 amide bonds. The third kappa shape index (κ3) is 1.91. The first kappa shape index (κ1) is 11.4. The Bertz CT molecular complexity index is 403. The van der Waals surface area contributed by atoms with E-state index in [1.807, 2.05) is 0 Å². The Morgan fingerprint density at radius 2 is 2.44 bits per heavy atom. The lowest BCUT2D eigenvalue weighted by atomic mass is 10.2. The zero-order valence-electron chi connectivity index (χ0n) is 9.56. The summed E-state index contributed by atoms with van der Waals surface area (Å²) in [6.45, 7) is 4.94. The van der Waals surface area contributed by atoms with Gasteiger partial charge in [-0.15, -0.1) is 0 Å². The standard InChI is InChI=1S/C11H16N2O2S/c1-3-8-5-4-6-13(8)11-12-7(2)9(16-11)10(14)15/h8H,3-6H2,1-2H3,(H,14,15). The van der Waals surface area contributed by atoms with Crippen LogP contribution in [0.3, 0.4) is 0 Å². The number of rotatable bonds is 3. The summed E-state index contributed by atoms with van der Waals surface area (Å²) < 4.78 is 0. The lowest BCUT2D eigenvalue weighted by Crippen LogP contribution is -2.28. The van der Waals surface area contributed by atoms with Crippen LogP contribution in [0.5, 0.6) is 0 Å². The van der Waals surface area contributed by atoms with Gasteiger partial charge in [0.25, 0.3) is 0 Å². The highest BCUT2D eigenvalue weighted by atomic mass is 32.1. The van der Waals surface area contributed by atoms with E-state index >= 15 is 0 Å². The summed E-state index contributed by atoms with van der Waals surface area (Å²) in [5, 5.41) is 9.87. The Morgan fingerprint density at radius 3 is 3.00 bits per heavy atom. The molecule has 1 aliphatic heterocycles. The van der Waals surface area contributed by atoms with Crippen LogP contribution in [-0.4, -0.2) is 28.6 Å². The maximum absolute atomic E-state index is 11.0. The van der Waals surface area contributed by atoms with Crippen LogP contribution in [0.4, 0.5) is 5.13 Å². The number of carboxylic acids is 1. The Morgan fingerprint density at radius 1 is 1.69 bits per heavy atom. The number of aryl methyl sites for hydroxylation is 1. The summed E-state index contributed by atoms with van der Waals surface area (Å²) in [7, 11) is 0. The van der Waals surface area contributed by atoms with Gasteiger partial charge in [-0.2, -0.15) is 0 Å². The number of aromatic carboxylic acids is 1. The highest BCUT2D eigenvalue weighted by Crippen LogP contribution is 2.32. The molecule has 88 valence electrons. The van der Waals surface area contributed by atoms with E-state index in [1.54, 1.807) is 6.92 Å². The molecular weight excluding hydrogens is 224 g/mol. The molecule has 0 bridgehead atoms. The fourth-order valence-corrected chi connectivity index (χ4v) is 3.22. The summed E-state index contributed by atoms with van der Waals surface area (Å²) >= 11 is 1.30. The normalized spacial score (nSPS) is 20.4. The fourth-order valence-electron chi connectivity index (χ4n) is 2.22. The Balaban J connectivity index is 2.27. The van der Waals surface area contributed by atoms with Gasteiger partial charge in [0.05, 0.1) is 5.69 Å². The van der Waals surface area contributed by atoms with Crippen molar-refractivity contribution in [3.05, 3.63) is 10.6 Å². The van der Waals surface area contributed by atoms with Crippen molar-refractivity contribution in [3.8, 4) is 0 Å². The van der Waals surface area contributed by atoms with Crippen molar-refractivity contribution in [2.24, 2.45) is 0 Å². The smallest absolute Gasteiger partial charge is 0.347 e. The molecule has 2 heterocycles. The van der Waals surface area contributed by atoms with Crippen LogP contribution >= 0.6 is 11.3 Å². The second-order valence-corrected chi connectivity index (χ2v) is 5.09. The van der Waals surface area contributed by atoms with Crippen LogP contribution in [0.25, 0.3) is 0 Å². The van der Waals surface area contributed by atoms with E-state index in [4.69, 9.17) is 5.11 Å². The largest absolute Gasteiger partial charge is 0.477 e. The minimum absolute atomic E-state index is 0.372. The second-order valence-electron chi connectivity index (χ2n) is 4.11. The topological polar surface area (TPSA) is 53.4 Å². The SMILES string of the molecule is CCC1CCCN1c1nc(C)c(C(=O)O)s1. The third-order valence-electron chi connectivity index (χ3n) is 3.07. The Labute approximate surface area is 98.9 Å². The van der Waals surface area contributed by atoms with Gasteiger partial charge in [-0.3, -0.25) is 0 Å². The first-order chi connectivity index (χ1) is 7.63. The lowest BCUT2D eigenvalue weighted by molar-refractivity contribution is 0.0701. The van der Waals surface area contributed by atoms with Gasteiger partial charge in [0.15, 0.2) is 5.13 Å². The molecule has 1 aliphatic rings. The molecule has 1 aromatic heterocycles. The molecule has 0 aliphatic carbocycles. The molecule has 0 radical (unpaired) electrons. The molecule has 16 heavy (non-hydrogen) atoms. The Kier molecular flexibility index (Phi) is 3.14. The molecule has 1 fully saturated rings. The molecule has 4 nitrogen and oxygen atoms in total. The number of carboxylic acid groups (broad SMARTS) is 1. The minimum Gasteiger partial charge on any atom is -0.477 e. The van der Waals surface area contributed by atoms with Gasteiger partial charge in [-0.25, -0.2) is 9.78 Å². The van der Waals surface area contributed by atoms with Crippen LogP contribution in [0.1, 0.15) is 41.6 Å². The summed E-state index contributed by atoms with van der Waals surface area (Å²) in [4.78, 5) is 18.0. The van der Waals surface area contributed by atoms with Crippen molar-refractivity contribution in [2.75, 3.05) is 11.4 Å². The number of thiazole rings is 1. The van der Waals surface area contributed by atoms with Gasteiger partial charge in [0.2, 0.25) is 0 Å². The zero-order chi connectivity index (χ0) is 11.7. The van der Waals surface area contributed by atoms with Gasteiger partial charge in [-0.1, -0.05) is 18.3 Å². The van der Waals surface area contributed by atoms with Crippen molar-refractivity contribution in [1.29, 1.82) is 0 Å². The van der Waals surface area contributed by atoms with Crippen LogP contribution in [-0.2, 0) is 0 Å². The summed E-state index contributed by atoms with van der Waals surface area (Å²) in [6, 6.07) is 0.534. The van der Waals surface area contributed by atoms with Gasteiger partial charge < -0.3 is 10.0 Å². The molecule has 1 atom stereocenters. The van der Waals surface area contributed by atoms with Crippen LogP contribution < -0.4 is 4.90 Å². The van der Waals surface area contributed by atoms with E-state index in [9.17, 15) is 4.79 Å². The monoisotopic (exact) mass is 240 g/mol. The van der Waals surface area contributed by atoms with Crippen LogP contribution in [0, 0.1) is 6.92 Å². The first-order valence-corrected chi connectivity index (χ1v) is 6.42. The maximum atomic E-state index is 11.0. The predicted octanol–water partition coefficient (Wildman–Crippen LogP) is 2.53. The average molecular weight is 240 g/mol. The minimum atomic E-state index is -0.867. The van der Waals surface area contributed by atoms with E-state index in [0.717, 1.165) is 18.1 Å². The molecule has 1 N–H and O–H groups in total. The maximum Gasteiger partial charge on any atom is 0.347 e. The van der Waals surface area contributed by atoms with Gasteiger partial charge in [0, 0.05) is 12.6 Å². The van der Waals surface area contributed by atoms with Crippen molar-refractivity contribution < 1.29 is 9.90 Å². The van der Waals surface area contributed by atoms with E-state index in [-0.39, 0.29) is 0 Å². The molecular formula is C11H16N2O2S. The molecule has 2 rings (SSSR count). The van der Waals surface area contributed by atoms with Crippen molar-refractivity contribution in [1.82, 2.24) is 4.98 Å². The number of anilines is 1. The number of hydrogen-bond acceptors (Lipinski definition) is 4. The first-order valence-electron chi connectivity index (χ1n) is 5.60. The van der Waals surface area contributed by atoms with E-state index in [2.05, 4.69) is 16.8 Å². The van der Waals surface area contributed by atoms with Crippen molar-refractivity contribution in [3.63, 3.8) is 0 Å². The number of nitrogens with zero attached hydrogens (tertiary/aromatic N) is 2. The lowest BCUT2D eigenvalue weighted by Gasteiger charge is -2.22. The summed E-state index contributed by atoms with van der Waals surface area (Å²) in [5.74, 6) is -0.867. The van der Waals surface area contributed by atoms with Gasteiger partial charge >= 0.3 is 5.97 Å². The average Bonchev–Trinajstić information content (AvgIpc) is 2.82. The van der Waals surface area contributed by atoms with E-state index < -0.39 is 5.97 Å². The summed E-state index contributed by atoms with van der Waals surface area (Å²) in [6.07, 6.45) is 3.47. The molecule has 1 saturated heterocycles. The van der Waals surface area contributed by atoms with E-state index in [0.29, 0.717) is 16.6 Å². The predicted molar refractivity (Wildman–Crippen MR) is 64.5 cm³/mol. The Hall–Kier alpha value is -1.10. The molecule has 1 unspecified atom stereocenters. The van der Waals surface area contributed by atoms with Gasteiger partial charge in [0.1, 0.15) is 4.88 Å². The molecule has 5 heteroatoms. The molecule has 0 saturated carbocycles. The molecule has 0 spiro atoms. The van der Waals surface area contributed by atoms with Crippen LogP contribution in [0.2, 0.25) is 0 Å². The number of carbonyl (C=O) groups is 1. The van der Waals surface area contributed by atoms with Crippen LogP contribution in [0.15, 0.2) is 0 Å². The highest BCUT2D eigenvalue weighted by Gasteiger charge is 2.27. The molecule has 0 aromatic carbocycles. The second kappa shape index (κ2) is 4.41. The summed E-state index contributed by atoms with van der Waals surface area (Å²) in [5.41, 5.74) is 0.634. The van der Waals surface area contributed by atoms with Crippen molar-refractivity contribution >= 4 is 22.4 Å². The fraction of sp³-hybridized carbons (Fsp3) is 0.636. The quantitative estimate of drug-likeness (QED) is 0.882. The zero-order valence-corrected chi connectivity index (χ0v) is 10.4.